The lowest BCUT2D eigenvalue weighted by atomic mass is 10.1. The summed E-state index contributed by atoms with van der Waals surface area (Å²) in [4.78, 5) is 27.0. The smallest absolute Gasteiger partial charge is 0.355 e. The highest BCUT2D eigenvalue weighted by Crippen LogP contribution is 2.32. The lowest BCUT2D eigenvalue weighted by Crippen LogP contribution is -2.51. The topological polar surface area (TPSA) is 86.8 Å². The summed E-state index contributed by atoms with van der Waals surface area (Å²) in [5.41, 5.74) is 0.303. The second-order valence-electron chi connectivity index (χ2n) is 7.90. The maximum atomic E-state index is 13.3. The number of carbonyl (C=O) groups is 2. The molecule has 34 heavy (non-hydrogen) atoms. The first-order valence-electron chi connectivity index (χ1n) is 10.5. The van der Waals surface area contributed by atoms with Crippen LogP contribution in [0.3, 0.4) is 0 Å². The van der Waals surface area contributed by atoms with Gasteiger partial charge < -0.3 is 10.2 Å². The van der Waals surface area contributed by atoms with Gasteiger partial charge in [-0.25, -0.2) is 8.42 Å². The van der Waals surface area contributed by atoms with E-state index in [1.54, 1.807) is 19.1 Å². The molecule has 0 bridgehead atoms. The van der Waals surface area contributed by atoms with Crippen molar-refractivity contribution in [3.63, 3.8) is 0 Å². The van der Waals surface area contributed by atoms with Gasteiger partial charge in [0.05, 0.1) is 17.5 Å². The van der Waals surface area contributed by atoms with E-state index in [1.807, 2.05) is 19.1 Å². The summed E-state index contributed by atoms with van der Waals surface area (Å²) in [5.74, 6) is -1.17. The van der Waals surface area contributed by atoms with Crippen molar-refractivity contribution >= 4 is 27.5 Å². The Hall–Kier alpha value is -3.08. The van der Waals surface area contributed by atoms with Crippen LogP contribution in [0, 0.1) is 6.92 Å². The Morgan fingerprint density at radius 1 is 1.09 bits per heavy atom. The van der Waals surface area contributed by atoms with Gasteiger partial charge >= 0.3 is 6.18 Å². The summed E-state index contributed by atoms with van der Waals surface area (Å²) in [6.45, 7) is 4.66. The van der Waals surface area contributed by atoms with Crippen LogP contribution in [-0.2, 0) is 32.3 Å². The standard InChI is InChI=1S/C23H28F3N3O4S/c1-5-27-22(31)17(3)28(14-18-9-6-8-16(2)12-18)21(30)15-29(34(4,32)33)20-11-7-10-19(13-20)23(24,25)26/h6-13,17H,5,14-15H2,1-4H3,(H,27,31)/t17-/m1/s1. The number of halogens is 3. The molecule has 0 saturated carbocycles. The van der Waals surface area contributed by atoms with Gasteiger partial charge in [0.25, 0.3) is 0 Å². The van der Waals surface area contributed by atoms with Gasteiger partial charge in [-0.15, -0.1) is 0 Å². The molecule has 2 amide bonds. The predicted molar refractivity (Wildman–Crippen MR) is 124 cm³/mol. The van der Waals surface area contributed by atoms with Crippen LogP contribution >= 0.6 is 0 Å². The number of anilines is 1. The van der Waals surface area contributed by atoms with Crippen molar-refractivity contribution in [3.8, 4) is 0 Å². The largest absolute Gasteiger partial charge is 0.416 e. The molecular weight excluding hydrogens is 471 g/mol. The monoisotopic (exact) mass is 499 g/mol. The molecule has 2 aromatic carbocycles. The molecule has 0 aliphatic heterocycles. The van der Waals surface area contributed by atoms with E-state index in [0.29, 0.717) is 16.9 Å². The van der Waals surface area contributed by atoms with E-state index in [0.717, 1.165) is 29.5 Å². The molecule has 2 rings (SSSR count). The van der Waals surface area contributed by atoms with Gasteiger partial charge in [-0.1, -0.05) is 35.9 Å². The molecular formula is C23H28F3N3O4S. The number of hydrogen-bond acceptors (Lipinski definition) is 4. The molecule has 1 atom stereocenters. The number of sulfonamides is 1. The van der Waals surface area contributed by atoms with E-state index >= 15 is 0 Å². The molecule has 186 valence electrons. The van der Waals surface area contributed by atoms with Gasteiger partial charge in [0.2, 0.25) is 21.8 Å². The molecule has 0 aliphatic rings. The number of amides is 2. The van der Waals surface area contributed by atoms with Gasteiger partial charge in [-0.05, 0) is 44.5 Å². The number of aryl methyl sites for hydroxylation is 1. The Morgan fingerprint density at radius 2 is 1.74 bits per heavy atom. The van der Waals surface area contributed by atoms with Crippen LogP contribution in [0.4, 0.5) is 18.9 Å². The number of carbonyl (C=O) groups excluding carboxylic acids is 2. The van der Waals surface area contributed by atoms with Crippen LogP contribution < -0.4 is 9.62 Å². The Balaban J connectivity index is 2.44. The third-order valence-corrected chi connectivity index (χ3v) is 6.23. The molecule has 0 spiro atoms. The maximum absolute atomic E-state index is 13.3. The highest BCUT2D eigenvalue weighted by Gasteiger charge is 2.33. The summed E-state index contributed by atoms with van der Waals surface area (Å²) in [5, 5.41) is 2.63. The zero-order valence-electron chi connectivity index (χ0n) is 19.4. The van der Waals surface area contributed by atoms with E-state index in [4.69, 9.17) is 0 Å². The van der Waals surface area contributed by atoms with Gasteiger partial charge in [-0.2, -0.15) is 13.2 Å². The minimum absolute atomic E-state index is 0.0129. The van der Waals surface area contributed by atoms with Crippen LogP contribution in [0.15, 0.2) is 48.5 Å². The lowest BCUT2D eigenvalue weighted by Gasteiger charge is -2.31. The van der Waals surface area contributed by atoms with Crippen molar-refractivity contribution in [3.05, 3.63) is 65.2 Å². The van der Waals surface area contributed by atoms with Gasteiger partial charge in [-0.3, -0.25) is 13.9 Å². The van der Waals surface area contributed by atoms with Crippen molar-refractivity contribution in [2.24, 2.45) is 0 Å². The third-order valence-electron chi connectivity index (χ3n) is 5.09. The zero-order valence-corrected chi connectivity index (χ0v) is 20.2. The molecule has 0 fully saturated rings. The fourth-order valence-corrected chi connectivity index (χ4v) is 4.20. The first kappa shape index (κ1) is 27.2. The van der Waals surface area contributed by atoms with Crippen LogP contribution in [0.1, 0.15) is 30.5 Å². The van der Waals surface area contributed by atoms with E-state index in [9.17, 15) is 31.2 Å². The van der Waals surface area contributed by atoms with Crippen LogP contribution in [0.2, 0.25) is 0 Å². The minimum Gasteiger partial charge on any atom is -0.355 e. The van der Waals surface area contributed by atoms with E-state index in [2.05, 4.69) is 5.32 Å². The third kappa shape index (κ3) is 7.21. The summed E-state index contributed by atoms with van der Waals surface area (Å²) < 4.78 is 65.0. The molecule has 0 heterocycles. The highest BCUT2D eigenvalue weighted by molar-refractivity contribution is 7.92. The number of alkyl halides is 3. The minimum atomic E-state index is -4.69. The highest BCUT2D eigenvalue weighted by atomic mass is 32.2. The van der Waals surface area contributed by atoms with Crippen molar-refractivity contribution in [2.75, 3.05) is 23.7 Å². The van der Waals surface area contributed by atoms with Crippen molar-refractivity contribution < 1.29 is 31.2 Å². The fourth-order valence-electron chi connectivity index (χ4n) is 3.36. The first-order valence-corrected chi connectivity index (χ1v) is 12.4. The maximum Gasteiger partial charge on any atom is 0.416 e. The fraction of sp³-hybridized carbons (Fsp3) is 0.391. The summed E-state index contributed by atoms with van der Waals surface area (Å²) in [6.07, 6.45) is -3.88. The predicted octanol–water partition coefficient (Wildman–Crippen LogP) is 3.33. The molecule has 2 aromatic rings. The molecule has 0 saturated heterocycles. The molecule has 0 unspecified atom stereocenters. The number of rotatable bonds is 9. The van der Waals surface area contributed by atoms with E-state index in [1.165, 1.54) is 17.9 Å². The first-order chi connectivity index (χ1) is 15.7. The van der Waals surface area contributed by atoms with Crippen LogP contribution in [0.25, 0.3) is 0 Å². The molecule has 0 radical (unpaired) electrons. The normalized spacial score (nSPS) is 12.7. The van der Waals surface area contributed by atoms with Crippen molar-refractivity contribution in [1.82, 2.24) is 10.2 Å². The van der Waals surface area contributed by atoms with Gasteiger partial charge in [0.15, 0.2) is 0 Å². The number of nitrogens with one attached hydrogen (secondary N) is 1. The second kappa shape index (κ2) is 10.9. The van der Waals surface area contributed by atoms with Gasteiger partial charge in [0.1, 0.15) is 12.6 Å². The van der Waals surface area contributed by atoms with E-state index in [-0.39, 0.29) is 12.2 Å². The summed E-state index contributed by atoms with van der Waals surface area (Å²) in [6, 6.07) is 10.0. The molecule has 7 nitrogen and oxygen atoms in total. The van der Waals surface area contributed by atoms with Crippen LogP contribution in [0.5, 0.6) is 0 Å². The number of likely N-dealkylation sites (N-methyl/N-ethyl adjacent to an activating group) is 1. The Bertz CT molecular complexity index is 1140. The zero-order chi connectivity index (χ0) is 25.7. The molecule has 11 heteroatoms. The van der Waals surface area contributed by atoms with Crippen molar-refractivity contribution in [2.45, 2.75) is 39.5 Å². The summed E-state index contributed by atoms with van der Waals surface area (Å²) >= 11 is 0. The Labute approximate surface area is 197 Å². The molecule has 1 N–H and O–H groups in total. The number of hydrogen-bond donors (Lipinski definition) is 1. The average molecular weight is 500 g/mol. The Morgan fingerprint density at radius 3 is 2.29 bits per heavy atom. The quantitative estimate of drug-likeness (QED) is 0.574. The average Bonchev–Trinajstić information content (AvgIpc) is 2.74. The Kier molecular flexibility index (Phi) is 8.71. The number of nitrogens with zero attached hydrogens (tertiary/aromatic N) is 2. The van der Waals surface area contributed by atoms with Crippen molar-refractivity contribution in [1.29, 1.82) is 0 Å². The second-order valence-corrected chi connectivity index (χ2v) is 9.81. The molecule has 0 aromatic heterocycles. The van der Waals surface area contributed by atoms with Crippen LogP contribution in [-0.4, -0.2) is 50.5 Å². The summed E-state index contributed by atoms with van der Waals surface area (Å²) in [7, 11) is -4.13. The number of benzene rings is 2. The lowest BCUT2D eigenvalue weighted by molar-refractivity contribution is -0.139. The van der Waals surface area contributed by atoms with E-state index < -0.39 is 46.2 Å². The SMILES string of the molecule is CCNC(=O)[C@@H](C)N(Cc1cccc(C)c1)C(=O)CN(c1cccc(C(F)(F)F)c1)S(C)(=O)=O. The molecule has 0 aliphatic carbocycles. The van der Waals surface area contributed by atoms with Gasteiger partial charge in [0, 0.05) is 13.1 Å².